The summed E-state index contributed by atoms with van der Waals surface area (Å²) in [5.74, 6) is 0. The van der Waals surface area contributed by atoms with Crippen molar-refractivity contribution in [2.24, 2.45) is 0 Å². The van der Waals surface area contributed by atoms with Crippen LogP contribution in [0.25, 0.3) is 0 Å². The van der Waals surface area contributed by atoms with Gasteiger partial charge in [0.25, 0.3) is 0 Å². The van der Waals surface area contributed by atoms with E-state index in [1.807, 2.05) is 13.8 Å². The average molecular weight is 94.1 g/mol. The van der Waals surface area contributed by atoms with E-state index in [0.29, 0.717) is 0 Å². The van der Waals surface area contributed by atoms with Crippen molar-refractivity contribution in [2.45, 2.75) is 13.8 Å². The Hall–Kier alpha value is -0.180. The third-order valence-electron chi connectivity index (χ3n) is 0. The normalized spacial score (nSPS) is 3.60. The summed E-state index contributed by atoms with van der Waals surface area (Å²) in [6.45, 7) is 4.00. The standard InChI is InChI=1S/C2H6.O2S/c1-2;1-3-2/h1-2H3;. The van der Waals surface area contributed by atoms with E-state index in [1.54, 1.807) is 0 Å². The quantitative estimate of drug-likeness (QED) is 0.434. The van der Waals surface area contributed by atoms with Crippen LogP contribution in [0.3, 0.4) is 0 Å². The molecule has 3 heteroatoms. The fraction of sp³-hybridized carbons (Fsp3) is 1.00. The fourth-order valence-electron chi connectivity index (χ4n) is 0. The van der Waals surface area contributed by atoms with Crippen molar-refractivity contribution in [3.05, 3.63) is 0 Å². The van der Waals surface area contributed by atoms with Gasteiger partial charge in [-0.25, -0.2) is 0 Å². The third-order valence-corrected chi connectivity index (χ3v) is 0. The molecule has 0 spiro atoms. The Labute approximate surface area is 34.8 Å². The maximum absolute atomic E-state index is 8.29. The lowest BCUT2D eigenvalue weighted by Gasteiger charge is -1.07. The van der Waals surface area contributed by atoms with Gasteiger partial charge in [-0.2, -0.15) is 8.42 Å². The van der Waals surface area contributed by atoms with Crippen LogP contribution in [-0.4, -0.2) is 8.42 Å². The van der Waals surface area contributed by atoms with E-state index in [4.69, 9.17) is 8.42 Å². The van der Waals surface area contributed by atoms with Crippen LogP contribution in [0.5, 0.6) is 0 Å². The predicted molar refractivity (Wildman–Crippen MR) is 20.3 cm³/mol. The van der Waals surface area contributed by atoms with Crippen molar-refractivity contribution in [3.8, 4) is 0 Å². The summed E-state index contributed by atoms with van der Waals surface area (Å²) in [6.07, 6.45) is 0. The monoisotopic (exact) mass is 94.0 g/mol. The molecule has 0 saturated heterocycles. The van der Waals surface area contributed by atoms with Gasteiger partial charge in [0.05, 0.1) is 0 Å². The molecular weight excluding hydrogens is 88.1 g/mol. The maximum Gasteiger partial charge on any atom is 0.335 e. The molecule has 0 bridgehead atoms. The number of hydrogen-bond donors (Lipinski definition) is 0. The molecule has 0 aliphatic rings. The summed E-state index contributed by atoms with van der Waals surface area (Å²) < 4.78 is 16.6. The molecule has 0 rings (SSSR count). The van der Waals surface area contributed by atoms with Gasteiger partial charge in [0.2, 0.25) is 0 Å². The van der Waals surface area contributed by atoms with Crippen molar-refractivity contribution in [1.29, 1.82) is 0 Å². The van der Waals surface area contributed by atoms with E-state index in [-0.39, 0.29) is 0 Å². The van der Waals surface area contributed by atoms with Gasteiger partial charge in [0, 0.05) is 0 Å². The number of hydrogen-bond acceptors (Lipinski definition) is 2. The topological polar surface area (TPSA) is 34.1 Å². The summed E-state index contributed by atoms with van der Waals surface area (Å²) in [6, 6.07) is 0. The molecule has 0 amide bonds. The molecule has 0 radical (unpaired) electrons. The molecule has 32 valence electrons. The Morgan fingerprint density at radius 2 is 1.20 bits per heavy atom. The largest absolute Gasteiger partial charge is 0.335 e. The van der Waals surface area contributed by atoms with Crippen molar-refractivity contribution < 1.29 is 8.42 Å². The van der Waals surface area contributed by atoms with Crippen LogP contribution >= 0.6 is 0 Å². The molecule has 2 nitrogen and oxygen atoms in total. The summed E-state index contributed by atoms with van der Waals surface area (Å²) >= 11 is -0.750. The highest BCUT2D eigenvalue weighted by molar-refractivity contribution is 7.51. The van der Waals surface area contributed by atoms with Crippen LogP contribution in [0.15, 0.2) is 0 Å². The molecule has 0 aliphatic heterocycles. The van der Waals surface area contributed by atoms with Crippen LogP contribution in [0.1, 0.15) is 13.8 Å². The van der Waals surface area contributed by atoms with E-state index in [2.05, 4.69) is 0 Å². The average Bonchev–Trinajstić information content (AvgIpc) is 1.46. The van der Waals surface area contributed by atoms with Crippen LogP contribution in [0.2, 0.25) is 0 Å². The molecular formula is C2H6O2S. The minimum absolute atomic E-state index is 0.750. The molecule has 0 aromatic rings. The molecule has 5 heavy (non-hydrogen) atoms. The van der Waals surface area contributed by atoms with Gasteiger partial charge in [-0.05, 0) is 0 Å². The van der Waals surface area contributed by atoms with E-state index in [1.165, 1.54) is 0 Å². The zero-order valence-corrected chi connectivity index (χ0v) is 4.04. The van der Waals surface area contributed by atoms with Crippen LogP contribution in [-0.2, 0) is 11.6 Å². The van der Waals surface area contributed by atoms with Gasteiger partial charge in [-0.3, -0.25) is 0 Å². The van der Waals surface area contributed by atoms with Gasteiger partial charge in [0.15, 0.2) is 0 Å². The van der Waals surface area contributed by atoms with Crippen LogP contribution < -0.4 is 0 Å². The lowest BCUT2D eigenvalue weighted by atomic mass is 11.0. The first kappa shape index (κ1) is 8.84. The second kappa shape index (κ2) is 45.2. The number of rotatable bonds is 0. The van der Waals surface area contributed by atoms with Crippen LogP contribution in [0.4, 0.5) is 0 Å². The maximum atomic E-state index is 8.29. The lowest BCUT2D eigenvalue weighted by molar-refractivity contribution is 0.630. The second-order valence-corrected chi connectivity index (χ2v) is 0.204. The van der Waals surface area contributed by atoms with Crippen molar-refractivity contribution in [3.63, 3.8) is 0 Å². The predicted octanol–water partition coefficient (Wildman–Crippen LogP) is 0.356. The Morgan fingerprint density at radius 3 is 1.20 bits per heavy atom. The van der Waals surface area contributed by atoms with Crippen molar-refractivity contribution >= 4 is 11.6 Å². The Kier molecular flexibility index (Phi) is 79.9. The first-order chi connectivity index (χ1) is 2.41. The molecule has 0 fully saturated rings. The highest BCUT2D eigenvalue weighted by Gasteiger charge is 1.12. The van der Waals surface area contributed by atoms with Gasteiger partial charge >= 0.3 is 11.6 Å². The van der Waals surface area contributed by atoms with Crippen molar-refractivity contribution in [2.75, 3.05) is 0 Å². The summed E-state index contributed by atoms with van der Waals surface area (Å²) in [4.78, 5) is 0. The van der Waals surface area contributed by atoms with E-state index in [9.17, 15) is 0 Å². The highest BCUT2D eigenvalue weighted by Crippen LogP contribution is 1.14. The molecule has 0 atom stereocenters. The Morgan fingerprint density at radius 1 is 1.20 bits per heavy atom. The molecule has 0 aromatic carbocycles. The van der Waals surface area contributed by atoms with Gasteiger partial charge in [-0.1, -0.05) is 13.8 Å². The molecule has 0 aromatic heterocycles. The van der Waals surface area contributed by atoms with E-state index >= 15 is 0 Å². The Bertz CT molecular complexity index is 28.6. The zero-order chi connectivity index (χ0) is 4.71. The van der Waals surface area contributed by atoms with Gasteiger partial charge < -0.3 is 0 Å². The zero-order valence-electron chi connectivity index (χ0n) is 3.22. The first-order valence-electron chi connectivity index (χ1n) is 1.33. The first-order valence-corrected chi connectivity index (χ1v) is 2.00. The Balaban J connectivity index is 0. The fourth-order valence-corrected chi connectivity index (χ4v) is 0. The minimum atomic E-state index is -0.750. The van der Waals surface area contributed by atoms with Crippen LogP contribution in [0, 0.1) is 0 Å². The molecule has 0 N–H and O–H groups in total. The van der Waals surface area contributed by atoms with Gasteiger partial charge in [-0.15, -0.1) is 0 Å². The molecule has 0 heterocycles. The SMILES string of the molecule is CC.O=S=O. The summed E-state index contributed by atoms with van der Waals surface area (Å²) in [5, 5.41) is 0. The van der Waals surface area contributed by atoms with Crippen molar-refractivity contribution in [1.82, 2.24) is 0 Å². The second-order valence-electron chi connectivity index (χ2n) is 0.0680. The summed E-state index contributed by atoms with van der Waals surface area (Å²) in [5.41, 5.74) is 0. The van der Waals surface area contributed by atoms with E-state index in [0.717, 1.165) is 0 Å². The molecule has 0 saturated carbocycles. The molecule has 0 unspecified atom stereocenters. The lowest BCUT2D eigenvalue weighted by Crippen LogP contribution is -1.18. The van der Waals surface area contributed by atoms with Gasteiger partial charge in [0.1, 0.15) is 0 Å². The smallest absolute Gasteiger partial charge is 0.168 e. The van der Waals surface area contributed by atoms with E-state index < -0.39 is 11.6 Å². The summed E-state index contributed by atoms with van der Waals surface area (Å²) in [7, 11) is 0. The third kappa shape index (κ3) is 391. The highest BCUT2D eigenvalue weighted by atomic mass is 32.1. The molecule has 0 aliphatic carbocycles. The minimum Gasteiger partial charge on any atom is -0.168 e.